The molecule has 0 aliphatic rings. The lowest BCUT2D eigenvalue weighted by molar-refractivity contribution is -0.140. The Hall–Kier alpha value is -2.57. The number of hydrogen-bond donors (Lipinski definition) is 1. The molecule has 0 spiro atoms. The predicted octanol–water partition coefficient (Wildman–Crippen LogP) is 3.36. The first-order chi connectivity index (χ1) is 10.8. The van der Waals surface area contributed by atoms with Gasteiger partial charge in [-0.1, -0.05) is 12.1 Å². The molecule has 0 saturated carbocycles. The molecule has 2 N–H and O–H groups in total. The largest absolute Gasteiger partial charge is 0.406 e. The van der Waals surface area contributed by atoms with Crippen LogP contribution in [0.3, 0.4) is 0 Å². The monoisotopic (exact) mass is 323 g/mol. The van der Waals surface area contributed by atoms with Crippen LogP contribution in [-0.4, -0.2) is 35.1 Å². The van der Waals surface area contributed by atoms with Gasteiger partial charge in [0, 0.05) is 30.1 Å². The Kier molecular flexibility index (Phi) is 4.88. The number of hydrogen-bond acceptors (Lipinski definition) is 3. The lowest BCUT2D eigenvalue weighted by Crippen LogP contribution is -2.38. The number of anilines is 1. The molecule has 4 nitrogen and oxygen atoms in total. The van der Waals surface area contributed by atoms with E-state index in [0.717, 1.165) is 16.0 Å². The first-order valence-corrected chi connectivity index (χ1v) is 6.97. The van der Waals surface area contributed by atoms with E-state index in [4.69, 9.17) is 5.73 Å². The predicted molar refractivity (Wildman–Crippen MR) is 81.7 cm³/mol. The number of pyridine rings is 1. The van der Waals surface area contributed by atoms with Gasteiger partial charge < -0.3 is 10.6 Å². The number of aromatic nitrogens is 1. The summed E-state index contributed by atoms with van der Waals surface area (Å²) in [5.74, 6) is -0.651. The van der Waals surface area contributed by atoms with E-state index < -0.39 is 18.6 Å². The van der Waals surface area contributed by atoms with Crippen LogP contribution in [0.15, 0.2) is 42.7 Å². The normalized spacial score (nSPS) is 11.3. The number of amides is 1. The highest BCUT2D eigenvalue weighted by molar-refractivity contribution is 5.94. The van der Waals surface area contributed by atoms with Crippen LogP contribution in [0.25, 0.3) is 11.1 Å². The number of nitrogens with zero attached hydrogens (tertiary/aromatic N) is 2. The second-order valence-corrected chi connectivity index (χ2v) is 5.02. The molecule has 0 unspecified atom stereocenters. The van der Waals surface area contributed by atoms with Gasteiger partial charge in [0.1, 0.15) is 6.54 Å². The van der Waals surface area contributed by atoms with Gasteiger partial charge in [-0.2, -0.15) is 13.2 Å². The molecule has 0 fully saturated rings. The Bertz CT molecular complexity index is 684. The molecule has 0 bridgehead atoms. The van der Waals surface area contributed by atoms with Gasteiger partial charge in [0.05, 0.1) is 5.69 Å². The van der Waals surface area contributed by atoms with Crippen molar-refractivity contribution in [1.82, 2.24) is 9.88 Å². The molecular formula is C16H16F3N3O. The van der Waals surface area contributed by atoms with E-state index >= 15 is 0 Å². The Morgan fingerprint density at radius 1 is 1.17 bits per heavy atom. The number of rotatable bonds is 4. The number of alkyl halides is 3. The quantitative estimate of drug-likeness (QED) is 0.938. The number of nitrogen functional groups attached to an aromatic ring is 1. The average Bonchev–Trinajstić information content (AvgIpc) is 2.51. The smallest absolute Gasteiger partial charge is 0.397 e. The molecular weight excluding hydrogens is 307 g/mol. The fourth-order valence-electron chi connectivity index (χ4n) is 2.15. The van der Waals surface area contributed by atoms with Crippen molar-refractivity contribution in [1.29, 1.82) is 0 Å². The summed E-state index contributed by atoms with van der Waals surface area (Å²) >= 11 is 0. The first-order valence-electron chi connectivity index (χ1n) is 6.97. The summed E-state index contributed by atoms with van der Waals surface area (Å²) in [4.78, 5) is 16.9. The molecule has 0 aliphatic heterocycles. The fraction of sp³-hybridized carbons (Fsp3) is 0.250. The first kappa shape index (κ1) is 16.8. The van der Waals surface area contributed by atoms with Crippen LogP contribution in [0.2, 0.25) is 0 Å². The molecule has 1 heterocycles. The molecule has 1 aromatic heterocycles. The Balaban J connectivity index is 2.20. The van der Waals surface area contributed by atoms with Crippen molar-refractivity contribution in [3.63, 3.8) is 0 Å². The topological polar surface area (TPSA) is 59.2 Å². The van der Waals surface area contributed by atoms with Crippen molar-refractivity contribution in [2.24, 2.45) is 0 Å². The van der Waals surface area contributed by atoms with Crippen molar-refractivity contribution in [2.45, 2.75) is 13.1 Å². The van der Waals surface area contributed by atoms with Crippen molar-refractivity contribution < 1.29 is 18.0 Å². The van der Waals surface area contributed by atoms with E-state index in [1.165, 1.54) is 25.3 Å². The fourth-order valence-corrected chi connectivity index (χ4v) is 2.15. The third kappa shape index (κ3) is 4.45. The van der Waals surface area contributed by atoms with Crippen molar-refractivity contribution >= 4 is 11.6 Å². The summed E-state index contributed by atoms with van der Waals surface area (Å²) in [6.45, 7) is 0.235. The van der Waals surface area contributed by atoms with Gasteiger partial charge in [0.2, 0.25) is 0 Å². The van der Waals surface area contributed by atoms with Gasteiger partial charge >= 0.3 is 6.18 Å². The second kappa shape index (κ2) is 6.68. The van der Waals surface area contributed by atoms with Crippen LogP contribution in [0, 0.1) is 0 Å². The zero-order valence-electron chi connectivity index (χ0n) is 12.5. The SMILES string of the molecule is CCN(CC(F)(F)F)C(=O)c1ccc(-c2cncc(N)c2)cc1. The molecule has 0 radical (unpaired) electrons. The van der Waals surface area contributed by atoms with Gasteiger partial charge in [-0.3, -0.25) is 9.78 Å². The number of halogens is 3. The summed E-state index contributed by atoms with van der Waals surface area (Å²) in [5.41, 5.74) is 7.92. The van der Waals surface area contributed by atoms with Gasteiger partial charge in [0.25, 0.3) is 5.91 Å². The molecule has 0 atom stereocenters. The van der Waals surface area contributed by atoms with Crippen LogP contribution < -0.4 is 5.73 Å². The third-order valence-corrected chi connectivity index (χ3v) is 3.26. The zero-order valence-corrected chi connectivity index (χ0v) is 12.5. The molecule has 0 saturated heterocycles. The minimum absolute atomic E-state index is 0.0146. The van der Waals surface area contributed by atoms with Gasteiger partial charge in [-0.25, -0.2) is 0 Å². The van der Waals surface area contributed by atoms with Crippen molar-refractivity contribution in [2.75, 3.05) is 18.8 Å². The minimum atomic E-state index is -4.42. The Morgan fingerprint density at radius 3 is 2.35 bits per heavy atom. The molecule has 23 heavy (non-hydrogen) atoms. The second-order valence-electron chi connectivity index (χ2n) is 5.02. The van der Waals surface area contributed by atoms with E-state index in [2.05, 4.69) is 4.98 Å². The maximum Gasteiger partial charge on any atom is 0.406 e. The molecule has 1 amide bonds. The van der Waals surface area contributed by atoms with Crippen LogP contribution >= 0.6 is 0 Å². The lowest BCUT2D eigenvalue weighted by atomic mass is 10.0. The van der Waals surface area contributed by atoms with Gasteiger partial charge in [-0.05, 0) is 30.7 Å². The van der Waals surface area contributed by atoms with Gasteiger partial charge in [0.15, 0.2) is 0 Å². The number of carbonyl (C=O) groups excluding carboxylic acids is 1. The molecule has 2 aromatic rings. The zero-order chi connectivity index (χ0) is 17.0. The highest BCUT2D eigenvalue weighted by Crippen LogP contribution is 2.22. The van der Waals surface area contributed by atoms with Crippen LogP contribution in [-0.2, 0) is 0 Å². The van der Waals surface area contributed by atoms with E-state index in [9.17, 15) is 18.0 Å². The minimum Gasteiger partial charge on any atom is -0.397 e. The summed E-state index contributed by atoms with van der Waals surface area (Å²) in [6.07, 6.45) is -1.29. The van der Waals surface area contributed by atoms with E-state index in [-0.39, 0.29) is 12.1 Å². The van der Waals surface area contributed by atoms with Crippen molar-refractivity contribution in [3.05, 3.63) is 48.3 Å². The number of benzene rings is 1. The van der Waals surface area contributed by atoms with E-state index in [1.54, 1.807) is 24.4 Å². The van der Waals surface area contributed by atoms with Crippen LogP contribution in [0.1, 0.15) is 17.3 Å². The third-order valence-electron chi connectivity index (χ3n) is 3.26. The average molecular weight is 323 g/mol. The van der Waals surface area contributed by atoms with Crippen LogP contribution in [0.5, 0.6) is 0 Å². The number of nitrogens with two attached hydrogens (primary N) is 1. The van der Waals surface area contributed by atoms with E-state index in [0.29, 0.717) is 5.69 Å². The maximum absolute atomic E-state index is 12.5. The molecule has 1 aromatic carbocycles. The van der Waals surface area contributed by atoms with Crippen molar-refractivity contribution in [3.8, 4) is 11.1 Å². The Labute approximate surface area is 131 Å². The highest BCUT2D eigenvalue weighted by Gasteiger charge is 2.32. The Morgan fingerprint density at radius 2 is 1.83 bits per heavy atom. The summed E-state index contributed by atoms with van der Waals surface area (Å²) < 4.78 is 37.4. The van der Waals surface area contributed by atoms with Gasteiger partial charge in [-0.15, -0.1) is 0 Å². The number of carbonyl (C=O) groups is 1. The highest BCUT2D eigenvalue weighted by atomic mass is 19.4. The lowest BCUT2D eigenvalue weighted by Gasteiger charge is -2.22. The maximum atomic E-state index is 12.5. The molecule has 122 valence electrons. The summed E-state index contributed by atoms with van der Waals surface area (Å²) in [5, 5.41) is 0. The molecule has 7 heteroatoms. The molecule has 0 aliphatic carbocycles. The standard InChI is InChI=1S/C16H16F3N3O/c1-2-22(10-16(17,18)19)15(23)12-5-3-11(4-6-12)13-7-14(20)9-21-8-13/h3-9H,2,10,20H2,1H3. The summed E-state index contributed by atoms with van der Waals surface area (Å²) in [7, 11) is 0. The summed E-state index contributed by atoms with van der Waals surface area (Å²) in [6, 6.07) is 8.04. The van der Waals surface area contributed by atoms with Crippen LogP contribution in [0.4, 0.5) is 18.9 Å². The molecule has 2 rings (SSSR count). The van der Waals surface area contributed by atoms with E-state index in [1.807, 2.05) is 0 Å².